The van der Waals surface area contributed by atoms with Crippen LogP contribution in [0.1, 0.15) is 33.7 Å². The van der Waals surface area contributed by atoms with Crippen molar-refractivity contribution < 1.29 is 14.3 Å². The van der Waals surface area contributed by atoms with Crippen molar-refractivity contribution in [1.82, 2.24) is 14.5 Å². The van der Waals surface area contributed by atoms with Gasteiger partial charge in [-0.15, -0.1) is 0 Å². The minimum Gasteiger partial charge on any atom is -0.463 e. The zero-order chi connectivity index (χ0) is 18.8. The second-order valence-electron chi connectivity index (χ2n) is 6.71. The summed E-state index contributed by atoms with van der Waals surface area (Å²) in [6, 6.07) is -0.350. The maximum atomic E-state index is 12.5. The second kappa shape index (κ2) is 7.45. The molecule has 1 aromatic heterocycles. The Balaban J connectivity index is 2.06. The molecule has 2 N–H and O–H groups in total. The van der Waals surface area contributed by atoms with E-state index in [1.807, 2.05) is 25.7 Å². The first-order valence-corrected chi connectivity index (χ1v) is 8.96. The summed E-state index contributed by atoms with van der Waals surface area (Å²) in [7, 11) is 0. The van der Waals surface area contributed by atoms with Crippen LogP contribution < -0.4 is 15.8 Å². The van der Waals surface area contributed by atoms with Gasteiger partial charge in [0.1, 0.15) is 0 Å². The first kappa shape index (κ1) is 18.4. The van der Waals surface area contributed by atoms with Gasteiger partial charge in [-0.3, -0.25) is 9.98 Å². The average molecular weight is 362 g/mol. The Morgan fingerprint density at radius 3 is 2.69 bits per heavy atom. The summed E-state index contributed by atoms with van der Waals surface area (Å²) in [5.74, 6) is 0.728. The van der Waals surface area contributed by atoms with Gasteiger partial charge in [0.15, 0.2) is 0 Å². The molecule has 3 rings (SSSR count). The number of nitrogens with zero attached hydrogens (tertiary/aromatic N) is 4. The predicted octanol–water partition coefficient (Wildman–Crippen LogP) is 1.05. The molecule has 1 unspecified atom stereocenters. The van der Waals surface area contributed by atoms with Gasteiger partial charge in [-0.25, -0.2) is 4.79 Å². The van der Waals surface area contributed by atoms with E-state index < -0.39 is 0 Å². The number of carbonyl (C=O) groups is 1. The molecule has 0 saturated carbocycles. The smallest absolute Gasteiger partial charge is 0.337 e. The summed E-state index contributed by atoms with van der Waals surface area (Å²) in [5.41, 5.74) is 1.29. The number of aromatic nitrogens is 3. The number of morpholine rings is 1. The van der Waals surface area contributed by atoms with E-state index >= 15 is 0 Å². The number of nitrogens with one attached hydrogen (secondary N) is 2. The highest BCUT2D eigenvalue weighted by atomic mass is 16.5. The molecule has 2 aliphatic rings. The summed E-state index contributed by atoms with van der Waals surface area (Å²) in [5, 5.41) is 11.6. The van der Waals surface area contributed by atoms with Gasteiger partial charge in [-0.1, -0.05) is 13.8 Å². The van der Waals surface area contributed by atoms with Gasteiger partial charge >= 0.3 is 5.97 Å². The lowest BCUT2D eigenvalue weighted by Gasteiger charge is -2.34. The first-order chi connectivity index (χ1) is 12.4. The third kappa shape index (κ3) is 3.31. The summed E-state index contributed by atoms with van der Waals surface area (Å²) >= 11 is 0. The van der Waals surface area contributed by atoms with E-state index in [4.69, 9.17) is 14.9 Å². The van der Waals surface area contributed by atoms with Gasteiger partial charge in [0.05, 0.1) is 31.4 Å². The van der Waals surface area contributed by atoms with E-state index in [2.05, 4.69) is 15.3 Å². The van der Waals surface area contributed by atoms with E-state index in [1.165, 1.54) is 0 Å². The van der Waals surface area contributed by atoms with Crippen LogP contribution in [0.15, 0.2) is 11.3 Å². The molecule has 1 aromatic rings. The van der Waals surface area contributed by atoms with Gasteiger partial charge in [0.2, 0.25) is 17.5 Å². The molecular weight excluding hydrogens is 336 g/mol. The van der Waals surface area contributed by atoms with Crippen molar-refractivity contribution in [2.75, 3.05) is 43.1 Å². The standard InChI is InChI=1S/C17H26N6O3/c1-5-26-14(24)12-11(4)19-17-21-16(22-6-8-25-9-7-22)20-15(18)23(17)13(12)10(2)3/h10,13H,5-9H2,1-4H3,(H2,18,19,20,21). The topological polar surface area (TPSA) is 105 Å². The van der Waals surface area contributed by atoms with Crippen LogP contribution in [0.25, 0.3) is 0 Å². The van der Waals surface area contributed by atoms with Crippen LogP contribution in [0.2, 0.25) is 0 Å². The van der Waals surface area contributed by atoms with Gasteiger partial charge in [-0.2, -0.15) is 9.97 Å². The van der Waals surface area contributed by atoms with Crippen LogP contribution >= 0.6 is 0 Å². The van der Waals surface area contributed by atoms with Crippen molar-refractivity contribution in [2.45, 2.75) is 33.7 Å². The first-order valence-electron chi connectivity index (χ1n) is 8.96. The SMILES string of the molecule is CCOC(=O)C1=C(C)Nc2nc(N3CCOCC3)nc(=N)n2C1C(C)C. The predicted molar refractivity (Wildman–Crippen MR) is 95.7 cm³/mol. The van der Waals surface area contributed by atoms with Crippen molar-refractivity contribution in [3.8, 4) is 0 Å². The zero-order valence-electron chi connectivity index (χ0n) is 15.7. The molecule has 1 atom stereocenters. The fourth-order valence-electron chi connectivity index (χ4n) is 3.38. The monoisotopic (exact) mass is 362 g/mol. The molecule has 26 heavy (non-hydrogen) atoms. The van der Waals surface area contributed by atoms with E-state index in [1.54, 1.807) is 11.5 Å². The van der Waals surface area contributed by atoms with E-state index in [9.17, 15) is 4.79 Å². The lowest BCUT2D eigenvalue weighted by molar-refractivity contribution is -0.139. The Bertz CT molecular complexity index is 779. The number of anilines is 2. The fraction of sp³-hybridized carbons (Fsp3) is 0.647. The highest BCUT2D eigenvalue weighted by Crippen LogP contribution is 2.34. The number of hydrogen-bond donors (Lipinski definition) is 2. The van der Waals surface area contributed by atoms with Crippen molar-refractivity contribution in [3.05, 3.63) is 16.9 Å². The largest absolute Gasteiger partial charge is 0.463 e. The second-order valence-corrected chi connectivity index (χ2v) is 6.71. The van der Waals surface area contributed by atoms with Crippen LogP contribution in [0, 0.1) is 11.3 Å². The number of allylic oxidation sites excluding steroid dienone is 1. The molecule has 142 valence electrons. The molecule has 0 bridgehead atoms. The Hall–Kier alpha value is -2.42. The number of carbonyl (C=O) groups excluding carboxylic acids is 1. The Kier molecular flexibility index (Phi) is 5.26. The quantitative estimate of drug-likeness (QED) is 0.771. The Labute approximate surface area is 152 Å². The zero-order valence-corrected chi connectivity index (χ0v) is 15.7. The lowest BCUT2D eigenvalue weighted by atomic mass is 9.93. The molecule has 0 aliphatic carbocycles. The highest BCUT2D eigenvalue weighted by molar-refractivity contribution is 5.91. The van der Waals surface area contributed by atoms with Crippen LogP contribution in [0.3, 0.4) is 0 Å². The number of ether oxygens (including phenoxy) is 2. The Morgan fingerprint density at radius 1 is 1.38 bits per heavy atom. The van der Waals surface area contributed by atoms with Gasteiger partial charge in [-0.05, 0) is 19.8 Å². The van der Waals surface area contributed by atoms with Crippen molar-refractivity contribution in [2.24, 2.45) is 5.92 Å². The maximum Gasteiger partial charge on any atom is 0.337 e. The number of esters is 1. The van der Waals surface area contributed by atoms with Gasteiger partial charge < -0.3 is 19.7 Å². The average Bonchev–Trinajstić information content (AvgIpc) is 2.61. The van der Waals surface area contributed by atoms with E-state index in [-0.39, 0.29) is 23.5 Å². The summed E-state index contributed by atoms with van der Waals surface area (Å²) in [6.45, 7) is 10.6. The Morgan fingerprint density at radius 2 is 2.08 bits per heavy atom. The minimum absolute atomic E-state index is 0.0667. The fourth-order valence-corrected chi connectivity index (χ4v) is 3.38. The lowest BCUT2D eigenvalue weighted by Crippen LogP contribution is -2.43. The van der Waals surface area contributed by atoms with Crippen molar-refractivity contribution >= 4 is 17.9 Å². The molecule has 9 nitrogen and oxygen atoms in total. The number of fused-ring (bicyclic) bond motifs is 1. The van der Waals surface area contributed by atoms with Crippen LogP contribution in [-0.4, -0.2) is 53.4 Å². The summed E-state index contributed by atoms with van der Waals surface area (Å²) in [4.78, 5) is 23.5. The molecule has 2 aliphatic heterocycles. The van der Waals surface area contributed by atoms with Gasteiger partial charge in [0, 0.05) is 18.8 Å². The molecule has 1 fully saturated rings. The summed E-state index contributed by atoms with van der Waals surface area (Å²) in [6.07, 6.45) is 0. The van der Waals surface area contributed by atoms with E-state index in [0.29, 0.717) is 56.1 Å². The molecule has 0 radical (unpaired) electrons. The highest BCUT2D eigenvalue weighted by Gasteiger charge is 2.35. The molecular formula is C17H26N6O3. The molecule has 3 heterocycles. The molecule has 9 heteroatoms. The maximum absolute atomic E-state index is 12.5. The molecule has 1 saturated heterocycles. The third-order valence-corrected chi connectivity index (χ3v) is 4.57. The number of hydrogen-bond acceptors (Lipinski definition) is 8. The molecule has 0 amide bonds. The minimum atomic E-state index is -0.369. The van der Waals surface area contributed by atoms with Crippen molar-refractivity contribution in [1.29, 1.82) is 5.41 Å². The molecule has 0 aromatic carbocycles. The normalized spacial score (nSPS) is 20.0. The van der Waals surface area contributed by atoms with Crippen LogP contribution in [0.5, 0.6) is 0 Å². The van der Waals surface area contributed by atoms with Crippen molar-refractivity contribution in [3.63, 3.8) is 0 Å². The van der Waals surface area contributed by atoms with E-state index in [0.717, 1.165) is 0 Å². The summed E-state index contributed by atoms with van der Waals surface area (Å²) < 4.78 is 12.3. The third-order valence-electron chi connectivity index (χ3n) is 4.57. The number of rotatable bonds is 4. The van der Waals surface area contributed by atoms with Crippen LogP contribution in [0.4, 0.5) is 11.9 Å². The van der Waals surface area contributed by atoms with Gasteiger partial charge in [0.25, 0.3) is 0 Å². The molecule has 0 spiro atoms. The van der Waals surface area contributed by atoms with Crippen LogP contribution in [-0.2, 0) is 14.3 Å².